The van der Waals surface area contributed by atoms with Gasteiger partial charge in [0.1, 0.15) is 18.0 Å². The van der Waals surface area contributed by atoms with Gasteiger partial charge in [-0.05, 0) is 281 Å². The third-order valence-corrected chi connectivity index (χ3v) is 28.6. The monoisotopic (exact) mass is 2080 g/mol. The predicted molar refractivity (Wildman–Crippen MR) is 637 cm³/mol. The van der Waals surface area contributed by atoms with Gasteiger partial charge in [0.05, 0.1) is 78.5 Å². The minimum Gasteiger partial charge on any atom is -0.288 e. The Morgan fingerprint density at radius 2 is 0.886 bits per heavy atom. The van der Waals surface area contributed by atoms with Gasteiger partial charge in [-0.1, -0.05) is 379 Å². The molecule has 0 bridgehead atoms. The number of hydrogen-bond acceptors (Lipinski definition) is 11. The Labute approximate surface area is 909 Å². The lowest BCUT2D eigenvalue weighted by atomic mass is 9.78. The second kappa shape index (κ2) is 48.2. The Hall–Kier alpha value is -11.1. The molecule has 788 valence electrons. The fourth-order valence-electron chi connectivity index (χ4n) is 19.4. The van der Waals surface area contributed by atoms with E-state index in [9.17, 15) is 8.78 Å². The maximum Gasteiger partial charge on any atom is 0.126 e. The summed E-state index contributed by atoms with van der Waals surface area (Å²) in [5, 5.41) is 19.9. The van der Waals surface area contributed by atoms with E-state index in [1.165, 1.54) is 169 Å². The van der Waals surface area contributed by atoms with Crippen molar-refractivity contribution in [1.29, 1.82) is 0 Å². The summed E-state index contributed by atoms with van der Waals surface area (Å²) >= 11 is 20.3. The van der Waals surface area contributed by atoms with E-state index in [1.54, 1.807) is 17.7 Å². The van der Waals surface area contributed by atoms with Crippen LogP contribution >= 0.6 is 46.1 Å². The molecule has 0 amide bonds. The van der Waals surface area contributed by atoms with Gasteiger partial charge < -0.3 is 0 Å². The molecule has 0 fully saturated rings. The molecule has 9 heterocycles. The van der Waals surface area contributed by atoms with Crippen molar-refractivity contribution in [2.45, 2.75) is 361 Å². The number of azo groups is 1. The van der Waals surface area contributed by atoms with Crippen LogP contribution in [0.5, 0.6) is 0 Å². The number of fused-ring (bicyclic) bond motifs is 10. The average molecular weight is 2080 g/mol. The lowest BCUT2D eigenvalue weighted by Crippen LogP contribution is -2.21. The molecule has 0 saturated heterocycles. The van der Waals surface area contributed by atoms with Gasteiger partial charge >= 0.3 is 0 Å². The van der Waals surface area contributed by atoms with Crippen LogP contribution in [0.25, 0.3) is 59.3 Å². The van der Waals surface area contributed by atoms with Crippen molar-refractivity contribution in [2.24, 2.45) is 20.6 Å². The third kappa shape index (κ3) is 31.8. The van der Waals surface area contributed by atoms with E-state index in [0.29, 0.717) is 23.8 Å². The zero-order valence-electron chi connectivity index (χ0n) is 95.8. The van der Waals surface area contributed by atoms with E-state index in [0.717, 1.165) is 92.3 Å². The number of rotatable bonds is 3. The lowest BCUT2D eigenvalue weighted by Gasteiger charge is -2.28. The number of benzene rings is 9. The molecule has 0 N–H and O–H groups in total. The van der Waals surface area contributed by atoms with E-state index in [-0.39, 0.29) is 54.1 Å². The molecule has 17 heteroatoms. The van der Waals surface area contributed by atoms with Gasteiger partial charge in [-0.2, -0.15) is 15.3 Å². The maximum absolute atomic E-state index is 12.8. The minimum atomic E-state index is -0.501. The first-order valence-electron chi connectivity index (χ1n) is 52.9. The lowest BCUT2D eigenvalue weighted by molar-refractivity contribution is 0.409. The molecule has 149 heavy (non-hydrogen) atoms. The third-order valence-electron chi connectivity index (χ3n) is 26.8. The van der Waals surface area contributed by atoms with Crippen LogP contribution in [-0.2, 0) is 93.9 Å². The van der Waals surface area contributed by atoms with Crippen molar-refractivity contribution in [3.63, 3.8) is 0 Å². The number of pyridine rings is 4. The van der Waals surface area contributed by atoms with Gasteiger partial charge in [0.15, 0.2) is 0 Å². The molecule has 7 aromatic heterocycles. The highest BCUT2D eigenvalue weighted by atomic mass is 35.5. The first kappa shape index (κ1) is 118. The number of aryl methyl sites for hydroxylation is 2. The van der Waals surface area contributed by atoms with Gasteiger partial charge in [-0.25, -0.2) is 33.2 Å². The van der Waals surface area contributed by atoms with Crippen molar-refractivity contribution in [3.05, 3.63) is 369 Å². The van der Waals surface area contributed by atoms with Gasteiger partial charge in [-0.3, -0.25) is 15.0 Å². The first-order chi connectivity index (χ1) is 69.2. The summed E-state index contributed by atoms with van der Waals surface area (Å²) in [5.41, 5.74) is 38.0. The van der Waals surface area contributed by atoms with Crippen LogP contribution in [0.3, 0.4) is 0 Å². The van der Waals surface area contributed by atoms with Gasteiger partial charge in [-0.15, -0.1) is 11.3 Å². The molecule has 9 aromatic carbocycles. The van der Waals surface area contributed by atoms with Gasteiger partial charge in [0.2, 0.25) is 0 Å². The summed E-state index contributed by atoms with van der Waals surface area (Å²) in [6.07, 6.45) is 17.0. The summed E-state index contributed by atoms with van der Waals surface area (Å²) in [6.45, 7) is 83.0. The van der Waals surface area contributed by atoms with E-state index in [2.05, 4.69) is 420 Å². The number of hydrogen-bond donors (Lipinski definition) is 0. The van der Waals surface area contributed by atoms with E-state index < -0.39 is 11.6 Å². The normalized spacial score (nSPS) is 13.4. The zero-order valence-corrected chi connectivity index (χ0v) is 98.9. The van der Waals surface area contributed by atoms with Gasteiger partial charge in [0, 0.05) is 84.8 Å². The van der Waals surface area contributed by atoms with Crippen LogP contribution in [0.2, 0.25) is 15.1 Å². The summed E-state index contributed by atoms with van der Waals surface area (Å²) in [5.74, 6) is -0.0945. The van der Waals surface area contributed by atoms with E-state index >= 15 is 0 Å². The Balaban J connectivity index is 0.000000157. The van der Waals surface area contributed by atoms with E-state index in [1.807, 2.05) is 73.8 Å². The Morgan fingerprint density at radius 3 is 1.41 bits per heavy atom. The van der Waals surface area contributed by atoms with Crippen LogP contribution in [0.4, 0.5) is 14.5 Å². The smallest absolute Gasteiger partial charge is 0.126 e. The highest BCUT2D eigenvalue weighted by Crippen LogP contribution is 2.44. The van der Waals surface area contributed by atoms with Crippen molar-refractivity contribution in [1.82, 2.24) is 39.5 Å². The molecular formula is C132H164Cl3F2N11S. The molecule has 0 unspecified atom stereocenters. The summed E-state index contributed by atoms with van der Waals surface area (Å²) in [6, 6.07) is 63.1. The molecular weight excluding hydrogens is 1920 g/mol. The number of thiazole rings is 1. The van der Waals surface area contributed by atoms with Crippen LogP contribution in [0.1, 0.15) is 372 Å². The van der Waals surface area contributed by atoms with Crippen LogP contribution in [0, 0.1) is 24.0 Å². The number of aromatic nitrogens is 8. The van der Waals surface area contributed by atoms with Crippen LogP contribution < -0.4 is 0 Å². The van der Waals surface area contributed by atoms with E-state index in [4.69, 9.17) is 44.8 Å². The van der Waals surface area contributed by atoms with Crippen molar-refractivity contribution in [3.8, 4) is 0 Å². The van der Waals surface area contributed by atoms with Crippen molar-refractivity contribution in [2.75, 3.05) is 0 Å². The Morgan fingerprint density at radius 1 is 0.416 bits per heavy atom. The van der Waals surface area contributed by atoms with Gasteiger partial charge in [0.25, 0.3) is 0 Å². The highest BCUT2D eigenvalue weighted by Gasteiger charge is 2.31. The van der Waals surface area contributed by atoms with Crippen LogP contribution in [0.15, 0.2) is 246 Å². The quantitative estimate of drug-likeness (QED) is 0.127. The molecule has 4 aliphatic rings. The number of halogens is 5. The molecule has 0 saturated carbocycles. The fraction of sp³-hybridized carbons (Fsp3) is 0.424. The average Bonchev–Trinajstić information content (AvgIpc) is 1.22. The number of aliphatic imine (C=N–C) groups is 1. The number of nitrogens with zero attached hydrogens (tertiary/aromatic N) is 11. The zero-order chi connectivity index (χ0) is 110. The molecule has 0 radical (unpaired) electrons. The highest BCUT2D eigenvalue weighted by molar-refractivity contribution is 7.16. The predicted octanol–water partition coefficient (Wildman–Crippen LogP) is 38.8. The molecule has 16 aromatic rings. The van der Waals surface area contributed by atoms with Crippen molar-refractivity contribution < 1.29 is 8.78 Å². The fourth-order valence-corrected chi connectivity index (χ4v) is 21.0. The minimum absolute atomic E-state index is 0.0558. The summed E-state index contributed by atoms with van der Waals surface area (Å²) in [7, 11) is 0. The number of allylic oxidation sites excluding steroid dienone is 1. The SMILES string of the molecule is C=C1Cc2cc(C(C)(C)C)cc(Cl)c2C1.CC(C)(C)Cc1cc(F)cc(F)c1.CC(C)(C)c1c2c(nc3ccccc13)CCCC2.CC(C)(C)c1c2ccccc2nc2ccccc12.CC(C)(C)c1cc(Cl)c2c(c1)CN=C2.CC(C)(C)c1cc(Cl)c2ncsc2c1.CC(C)(C)c1ccc2c(c1)CN=N2.CC(C)(C)c1ccn2nccc2c1.CC(C)c1ncnc(C(C)C)c1C(C)(C)C.Cc1cnc2ccccc2c1C(C)(C)C. The molecule has 2 aliphatic heterocycles. The second-order valence-corrected chi connectivity index (χ2v) is 53.4. The molecule has 2 aliphatic carbocycles. The number of para-hydroxylation sites is 4. The standard InChI is InChI=1S/C17H21N.C17H17N.C14H17Cl.C14H24N2.C14H17N.C12H14ClN.C11H12ClNS.C11H14F2.2C11H14N2/c2*1-17(2,3)16-12-8-4-6-10-14(12)18-15-11-7-5-9-13(15)16;1-9-5-10-7-11(14(2,3)4)8-13(15)12(10)6-9;1-9(2)12-11(14(5,6)7)13(10(3)4)16-8-15-12;1-10-9-15-12-8-6-5-7-11(12)13(10)14(2,3)4;1-12(2,3)9-4-8-6-14-7-10(8)11(13)5-9;1-11(2,3)7-4-8(12)10-9(5-7)14-6-13-10;1-11(2,3)7-8-4-9(12)6-10(13)5-8;1-11(2,3)9-5-7-13-10(8-9)4-6-12-13;1-11(2,3)9-4-5-10-8(6-9)7-12-13-10/h4,6,8,10H,5,7,9,11H2,1-3H3;4-11H,1-3H3;7-8H,1,5-6H2,2-4H3;8-10H,1-7H3;5-9H,1-4H3;4-5,7H,6H2,1-3H3;4-6H,1-3H3;4-6H,7H2,1-3H3;4-8H,1-3H3;4-6H,7H2,1-3H3. The largest absolute Gasteiger partial charge is 0.288 e. The Kier molecular flexibility index (Phi) is 38.2. The first-order valence-corrected chi connectivity index (χ1v) is 54.9. The summed E-state index contributed by atoms with van der Waals surface area (Å²) < 4.78 is 28.6. The molecule has 0 spiro atoms. The second-order valence-electron chi connectivity index (χ2n) is 51.3. The summed E-state index contributed by atoms with van der Waals surface area (Å²) in [4.78, 5) is 31.5. The maximum atomic E-state index is 12.8. The van der Waals surface area contributed by atoms with Crippen molar-refractivity contribution >= 4 is 117 Å². The van der Waals surface area contributed by atoms with Crippen LogP contribution in [-0.4, -0.2) is 45.7 Å². The Bertz CT molecular complexity index is 7350. The molecule has 11 nitrogen and oxygen atoms in total. The topological polar surface area (TPSA) is 132 Å². The molecule has 20 rings (SSSR count). The molecule has 0 atom stereocenters.